The lowest BCUT2D eigenvalue weighted by Crippen LogP contribution is -2.65. The van der Waals surface area contributed by atoms with Gasteiger partial charge in [-0.05, 0) is 44.0 Å². The lowest BCUT2D eigenvalue weighted by Gasteiger charge is -2.40. The van der Waals surface area contributed by atoms with E-state index in [1.165, 1.54) is 6.42 Å². The van der Waals surface area contributed by atoms with Crippen molar-refractivity contribution in [1.82, 2.24) is 10.6 Å². The zero-order valence-electron chi connectivity index (χ0n) is 14.0. The lowest BCUT2D eigenvalue weighted by molar-refractivity contribution is -0.129. The van der Waals surface area contributed by atoms with Gasteiger partial charge in [0, 0.05) is 17.8 Å². The number of amides is 2. The average molecular weight is 331 g/mol. The van der Waals surface area contributed by atoms with Crippen molar-refractivity contribution in [1.29, 1.82) is 0 Å². The number of carbonyl (C=O) groups excluding carboxylic acids is 2. The van der Waals surface area contributed by atoms with E-state index in [9.17, 15) is 9.59 Å². The SMILES string of the molecule is CCOc1ccc(NC(=O)C[C@@H]2N[C@H]3CCCC[C@@H]3NC2=O)cc1. The zero-order chi connectivity index (χ0) is 16.9. The first-order valence-corrected chi connectivity index (χ1v) is 8.75. The minimum atomic E-state index is -0.452. The van der Waals surface area contributed by atoms with Crippen LogP contribution in [0.1, 0.15) is 39.0 Å². The molecule has 0 bridgehead atoms. The van der Waals surface area contributed by atoms with Gasteiger partial charge in [0.15, 0.2) is 0 Å². The number of nitrogens with one attached hydrogen (secondary N) is 3. The van der Waals surface area contributed by atoms with Gasteiger partial charge < -0.3 is 20.7 Å². The largest absolute Gasteiger partial charge is 0.494 e. The van der Waals surface area contributed by atoms with Crippen LogP contribution in [0.5, 0.6) is 5.75 Å². The predicted octanol–water partition coefficient (Wildman–Crippen LogP) is 1.81. The predicted molar refractivity (Wildman–Crippen MR) is 92.0 cm³/mol. The summed E-state index contributed by atoms with van der Waals surface area (Å²) in [5.74, 6) is 0.535. The summed E-state index contributed by atoms with van der Waals surface area (Å²) in [5.41, 5.74) is 0.704. The second-order valence-corrected chi connectivity index (χ2v) is 6.43. The van der Waals surface area contributed by atoms with Crippen LogP contribution in [0.4, 0.5) is 5.69 Å². The third-order valence-electron chi connectivity index (χ3n) is 4.66. The quantitative estimate of drug-likeness (QED) is 0.769. The second kappa shape index (κ2) is 7.66. The fraction of sp³-hybridized carbons (Fsp3) is 0.556. The molecule has 1 saturated carbocycles. The maximum atomic E-state index is 12.2. The number of fused-ring (bicyclic) bond motifs is 1. The third-order valence-corrected chi connectivity index (χ3v) is 4.66. The molecule has 1 aliphatic carbocycles. The van der Waals surface area contributed by atoms with Gasteiger partial charge in [0.2, 0.25) is 11.8 Å². The number of rotatable bonds is 5. The Bertz CT molecular complexity index is 588. The van der Waals surface area contributed by atoms with Crippen molar-refractivity contribution in [2.24, 2.45) is 0 Å². The minimum Gasteiger partial charge on any atom is -0.494 e. The molecular weight excluding hydrogens is 306 g/mol. The number of hydrogen-bond acceptors (Lipinski definition) is 4. The molecule has 1 aromatic carbocycles. The fourth-order valence-electron chi connectivity index (χ4n) is 3.47. The molecule has 3 rings (SSSR count). The van der Waals surface area contributed by atoms with Crippen LogP contribution in [0, 0.1) is 0 Å². The molecule has 24 heavy (non-hydrogen) atoms. The Hall–Kier alpha value is -2.08. The van der Waals surface area contributed by atoms with E-state index in [0.717, 1.165) is 25.0 Å². The molecule has 1 heterocycles. The first kappa shape index (κ1) is 16.8. The summed E-state index contributed by atoms with van der Waals surface area (Å²) in [6, 6.07) is 7.29. The molecular formula is C18H25N3O3. The Kier molecular flexibility index (Phi) is 5.35. The van der Waals surface area contributed by atoms with Gasteiger partial charge in [-0.15, -0.1) is 0 Å². The summed E-state index contributed by atoms with van der Waals surface area (Å²) in [5, 5.41) is 9.25. The highest BCUT2D eigenvalue weighted by Crippen LogP contribution is 2.22. The van der Waals surface area contributed by atoms with Crippen LogP contribution in [-0.2, 0) is 9.59 Å². The van der Waals surface area contributed by atoms with Crippen LogP contribution >= 0.6 is 0 Å². The normalized spacial score (nSPS) is 26.2. The molecule has 6 heteroatoms. The molecule has 1 saturated heterocycles. The highest BCUT2D eigenvalue weighted by atomic mass is 16.5. The van der Waals surface area contributed by atoms with Crippen LogP contribution in [0.25, 0.3) is 0 Å². The molecule has 2 aliphatic rings. The van der Waals surface area contributed by atoms with Crippen molar-refractivity contribution in [3.05, 3.63) is 24.3 Å². The molecule has 6 nitrogen and oxygen atoms in total. The van der Waals surface area contributed by atoms with Crippen LogP contribution in [0.2, 0.25) is 0 Å². The van der Waals surface area contributed by atoms with Crippen molar-refractivity contribution < 1.29 is 14.3 Å². The van der Waals surface area contributed by atoms with Gasteiger partial charge >= 0.3 is 0 Å². The highest BCUT2D eigenvalue weighted by Gasteiger charge is 2.36. The second-order valence-electron chi connectivity index (χ2n) is 6.43. The molecule has 0 unspecified atom stereocenters. The zero-order valence-corrected chi connectivity index (χ0v) is 14.0. The van der Waals surface area contributed by atoms with Crippen molar-refractivity contribution >= 4 is 17.5 Å². The number of hydrogen-bond donors (Lipinski definition) is 3. The van der Waals surface area contributed by atoms with E-state index in [1.54, 1.807) is 12.1 Å². The molecule has 0 radical (unpaired) electrons. The minimum absolute atomic E-state index is 0.0695. The van der Waals surface area contributed by atoms with Gasteiger partial charge in [0.1, 0.15) is 5.75 Å². The Morgan fingerprint density at radius 1 is 1.21 bits per heavy atom. The number of ether oxygens (including phenoxy) is 1. The van der Waals surface area contributed by atoms with Crippen LogP contribution in [0.3, 0.4) is 0 Å². The molecule has 1 aliphatic heterocycles. The molecule has 2 fully saturated rings. The summed E-state index contributed by atoms with van der Waals surface area (Å²) in [4.78, 5) is 24.4. The molecule has 3 N–H and O–H groups in total. The van der Waals surface area contributed by atoms with Crippen LogP contribution in [0.15, 0.2) is 24.3 Å². The van der Waals surface area contributed by atoms with Crippen molar-refractivity contribution in [2.75, 3.05) is 11.9 Å². The average Bonchev–Trinajstić information content (AvgIpc) is 2.57. The summed E-state index contributed by atoms with van der Waals surface area (Å²) in [6.07, 6.45) is 4.56. The highest BCUT2D eigenvalue weighted by molar-refractivity contribution is 5.95. The maximum absolute atomic E-state index is 12.2. The van der Waals surface area contributed by atoms with Gasteiger partial charge in [0.25, 0.3) is 0 Å². The topological polar surface area (TPSA) is 79.5 Å². The van der Waals surface area contributed by atoms with E-state index in [-0.39, 0.29) is 24.3 Å². The number of carbonyl (C=O) groups is 2. The van der Waals surface area contributed by atoms with Gasteiger partial charge in [-0.2, -0.15) is 0 Å². The summed E-state index contributed by atoms with van der Waals surface area (Å²) < 4.78 is 5.38. The summed E-state index contributed by atoms with van der Waals surface area (Å²) in [7, 11) is 0. The summed E-state index contributed by atoms with van der Waals surface area (Å²) >= 11 is 0. The fourth-order valence-corrected chi connectivity index (χ4v) is 3.47. The Balaban J connectivity index is 1.53. The standard InChI is InChI=1S/C18H25N3O3/c1-2-24-13-9-7-12(8-10-13)19-17(22)11-16-18(23)21-15-6-4-3-5-14(15)20-16/h7-10,14-16,20H,2-6,11H2,1H3,(H,19,22)(H,21,23)/t14-,15-,16-/m0/s1. The van der Waals surface area contributed by atoms with E-state index in [4.69, 9.17) is 4.74 Å². The molecule has 1 aromatic rings. The van der Waals surface area contributed by atoms with E-state index in [0.29, 0.717) is 18.3 Å². The maximum Gasteiger partial charge on any atom is 0.237 e. The summed E-state index contributed by atoms with van der Waals surface area (Å²) in [6.45, 7) is 2.53. The Labute approximate surface area is 142 Å². The lowest BCUT2D eigenvalue weighted by atomic mass is 9.87. The van der Waals surface area contributed by atoms with Gasteiger partial charge in [0.05, 0.1) is 19.1 Å². The van der Waals surface area contributed by atoms with Gasteiger partial charge in [-0.1, -0.05) is 12.8 Å². The molecule has 130 valence electrons. The van der Waals surface area contributed by atoms with Crippen LogP contribution < -0.4 is 20.7 Å². The monoisotopic (exact) mass is 331 g/mol. The Morgan fingerprint density at radius 3 is 2.62 bits per heavy atom. The first-order valence-electron chi connectivity index (χ1n) is 8.75. The third kappa shape index (κ3) is 4.06. The van der Waals surface area contributed by atoms with E-state index in [2.05, 4.69) is 16.0 Å². The van der Waals surface area contributed by atoms with E-state index < -0.39 is 6.04 Å². The molecule has 0 spiro atoms. The number of piperazine rings is 1. The van der Waals surface area contributed by atoms with Gasteiger partial charge in [-0.25, -0.2) is 0 Å². The molecule has 0 aromatic heterocycles. The van der Waals surface area contributed by atoms with Crippen molar-refractivity contribution in [3.8, 4) is 5.75 Å². The smallest absolute Gasteiger partial charge is 0.237 e. The van der Waals surface area contributed by atoms with E-state index in [1.807, 2.05) is 19.1 Å². The van der Waals surface area contributed by atoms with Crippen LogP contribution in [-0.4, -0.2) is 36.5 Å². The van der Waals surface area contributed by atoms with Gasteiger partial charge in [-0.3, -0.25) is 9.59 Å². The van der Waals surface area contributed by atoms with Crippen molar-refractivity contribution in [3.63, 3.8) is 0 Å². The van der Waals surface area contributed by atoms with E-state index >= 15 is 0 Å². The number of anilines is 1. The number of benzene rings is 1. The molecule has 2 amide bonds. The molecule has 3 atom stereocenters. The first-order chi connectivity index (χ1) is 11.7. The Morgan fingerprint density at radius 2 is 1.92 bits per heavy atom. The van der Waals surface area contributed by atoms with Crippen molar-refractivity contribution in [2.45, 2.75) is 57.2 Å².